The van der Waals surface area contributed by atoms with Crippen molar-refractivity contribution in [2.45, 2.75) is 18.2 Å². The van der Waals surface area contributed by atoms with Crippen molar-refractivity contribution in [3.8, 4) is 0 Å². The zero-order valence-electron chi connectivity index (χ0n) is 12.5. The smallest absolute Gasteiger partial charge is 0.230 e. The number of amides is 1. The van der Waals surface area contributed by atoms with E-state index in [1.807, 2.05) is 36.4 Å². The maximum Gasteiger partial charge on any atom is 0.230 e. The van der Waals surface area contributed by atoms with Gasteiger partial charge in [-0.1, -0.05) is 43.3 Å². The van der Waals surface area contributed by atoms with Gasteiger partial charge in [0.25, 0.3) is 0 Å². The topological polar surface area (TPSA) is 42.0 Å². The summed E-state index contributed by atoms with van der Waals surface area (Å²) in [4.78, 5) is 17.7. The summed E-state index contributed by atoms with van der Waals surface area (Å²) in [6.45, 7) is 2.79. The Hall–Kier alpha value is -2.07. The average Bonchev–Trinajstić information content (AvgIpc) is 2.56. The number of nitrogens with one attached hydrogen (secondary N) is 1. The molecule has 112 valence electrons. The number of thioether (sulfide) groups is 1. The number of aromatic nitrogens is 1. The summed E-state index contributed by atoms with van der Waals surface area (Å²) in [5.74, 6) is 0.509. The molecule has 1 amide bonds. The van der Waals surface area contributed by atoms with E-state index in [9.17, 15) is 4.79 Å². The molecule has 2 aromatic carbocycles. The zero-order chi connectivity index (χ0) is 15.4. The van der Waals surface area contributed by atoms with Gasteiger partial charge in [-0.15, -0.1) is 11.8 Å². The lowest BCUT2D eigenvalue weighted by Crippen LogP contribution is -2.25. The van der Waals surface area contributed by atoms with Gasteiger partial charge in [0.2, 0.25) is 5.91 Å². The standard InChI is InChI=1S/C18H18N2OS/c1-2-11-19-17(21)12-22-18-13-7-3-5-9-15(13)20-16-10-6-4-8-14(16)18/h3-10H,2,11-12H2,1H3,(H,19,21). The molecular weight excluding hydrogens is 292 g/mol. The molecule has 22 heavy (non-hydrogen) atoms. The van der Waals surface area contributed by atoms with Gasteiger partial charge in [0.15, 0.2) is 0 Å². The van der Waals surface area contributed by atoms with Crippen LogP contribution in [0.3, 0.4) is 0 Å². The van der Waals surface area contributed by atoms with Crippen LogP contribution in [-0.4, -0.2) is 23.2 Å². The number of nitrogens with zero attached hydrogens (tertiary/aromatic N) is 1. The lowest BCUT2D eigenvalue weighted by atomic mass is 10.1. The van der Waals surface area contributed by atoms with Gasteiger partial charge in [-0.2, -0.15) is 0 Å². The van der Waals surface area contributed by atoms with E-state index in [-0.39, 0.29) is 5.91 Å². The monoisotopic (exact) mass is 310 g/mol. The van der Waals surface area contributed by atoms with Gasteiger partial charge in [-0.05, 0) is 18.6 Å². The molecule has 4 heteroatoms. The van der Waals surface area contributed by atoms with Crippen LogP contribution >= 0.6 is 11.8 Å². The van der Waals surface area contributed by atoms with Crippen LogP contribution in [0.15, 0.2) is 53.4 Å². The summed E-state index contributed by atoms with van der Waals surface area (Å²) in [6.07, 6.45) is 0.956. The van der Waals surface area contributed by atoms with Crippen LogP contribution in [0.25, 0.3) is 21.8 Å². The molecule has 0 aliphatic heterocycles. The minimum atomic E-state index is 0.0804. The van der Waals surface area contributed by atoms with Gasteiger partial charge in [0.1, 0.15) is 0 Å². The largest absolute Gasteiger partial charge is 0.355 e. The second-order valence-electron chi connectivity index (χ2n) is 5.11. The van der Waals surface area contributed by atoms with E-state index >= 15 is 0 Å². The molecule has 0 spiro atoms. The van der Waals surface area contributed by atoms with Crippen molar-refractivity contribution in [2.75, 3.05) is 12.3 Å². The lowest BCUT2D eigenvalue weighted by molar-refractivity contribution is -0.118. The maximum atomic E-state index is 11.9. The summed E-state index contributed by atoms with van der Waals surface area (Å²) in [5.41, 5.74) is 1.94. The van der Waals surface area contributed by atoms with Crippen LogP contribution in [0.2, 0.25) is 0 Å². The van der Waals surface area contributed by atoms with Crippen molar-refractivity contribution < 1.29 is 4.79 Å². The first kappa shape index (κ1) is 14.9. The molecule has 0 saturated heterocycles. The predicted molar refractivity (Wildman–Crippen MR) is 93.3 cm³/mol. The van der Waals surface area contributed by atoms with E-state index in [1.54, 1.807) is 11.8 Å². The summed E-state index contributed by atoms with van der Waals surface area (Å²) in [7, 11) is 0. The van der Waals surface area contributed by atoms with Crippen molar-refractivity contribution in [1.82, 2.24) is 10.3 Å². The highest BCUT2D eigenvalue weighted by Gasteiger charge is 2.11. The Kier molecular flexibility index (Phi) is 4.59. The molecule has 0 fully saturated rings. The highest BCUT2D eigenvalue weighted by Crippen LogP contribution is 2.33. The number of benzene rings is 2. The number of carbonyl (C=O) groups is 1. The van der Waals surface area contributed by atoms with Crippen LogP contribution < -0.4 is 5.32 Å². The first-order valence-corrected chi connectivity index (χ1v) is 8.45. The van der Waals surface area contributed by atoms with Crippen LogP contribution in [0, 0.1) is 0 Å². The molecule has 3 aromatic rings. The number of carbonyl (C=O) groups excluding carboxylic acids is 1. The Morgan fingerprint density at radius 3 is 2.23 bits per heavy atom. The fraction of sp³-hybridized carbons (Fsp3) is 0.222. The van der Waals surface area contributed by atoms with Gasteiger partial charge in [-0.3, -0.25) is 4.79 Å². The van der Waals surface area contributed by atoms with Crippen LogP contribution in [0.1, 0.15) is 13.3 Å². The minimum absolute atomic E-state index is 0.0804. The second-order valence-corrected chi connectivity index (χ2v) is 6.10. The number of hydrogen-bond acceptors (Lipinski definition) is 3. The quantitative estimate of drug-likeness (QED) is 0.572. The van der Waals surface area contributed by atoms with E-state index in [0.717, 1.165) is 39.7 Å². The molecule has 0 unspecified atom stereocenters. The van der Waals surface area contributed by atoms with Gasteiger partial charge in [0.05, 0.1) is 16.8 Å². The number of para-hydroxylation sites is 2. The Balaban J connectivity index is 1.99. The Bertz CT molecular complexity index is 762. The SMILES string of the molecule is CCCNC(=O)CSc1c2ccccc2nc2ccccc12. The van der Waals surface area contributed by atoms with Crippen molar-refractivity contribution >= 4 is 39.5 Å². The Morgan fingerprint density at radius 2 is 1.64 bits per heavy atom. The number of fused-ring (bicyclic) bond motifs is 2. The van der Waals surface area contributed by atoms with Gasteiger partial charge in [-0.25, -0.2) is 4.98 Å². The molecule has 0 radical (unpaired) electrons. The van der Waals surface area contributed by atoms with E-state index in [4.69, 9.17) is 4.98 Å². The van der Waals surface area contributed by atoms with Crippen LogP contribution in [-0.2, 0) is 4.79 Å². The summed E-state index contributed by atoms with van der Waals surface area (Å²) in [5, 5.41) is 5.14. The summed E-state index contributed by atoms with van der Waals surface area (Å²) >= 11 is 1.59. The second kappa shape index (κ2) is 6.79. The molecule has 1 heterocycles. The van der Waals surface area contributed by atoms with E-state index < -0.39 is 0 Å². The fourth-order valence-electron chi connectivity index (χ4n) is 2.41. The van der Waals surface area contributed by atoms with E-state index in [1.165, 1.54) is 0 Å². The number of hydrogen-bond donors (Lipinski definition) is 1. The molecule has 0 atom stereocenters. The average molecular weight is 310 g/mol. The lowest BCUT2D eigenvalue weighted by Gasteiger charge is -2.10. The van der Waals surface area contributed by atoms with E-state index in [0.29, 0.717) is 5.75 Å². The third kappa shape index (κ3) is 3.07. The van der Waals surface area contributed by atoms with Gasteiger partial charge < -0.3 is 5.32 Å². The highest BCUT2D eigenvalue weighted by molar-refractivity contribution is 8.00. The minimum Gasteiger partial charge on any atom is -0.355 e. The number of rotatable bonds is 5. The molecule has 0 bridgehead atoms. The zero-order valence-corrected chi connectivity index (χ0v) is 13.3. The molecule has 0 aliphatic rings. The van der Waals surface area contributed by atoms with Gasteiger partial charge >= 0.3 is 0 Å². The third-order valence-corrected chi connectivity index (χ3v) is 4.59. The summed E-state index contributed by atoms with van der Waals surface area (Å²) < 4.78 is 0. The molecule has 3 rings (SSSR count). The van der Waals surface area contributed by atoms with Crippen molar-refractivity contribution in [3.05, 3.63) is 48.5 Å². The Morgan fingerprint density at radius 1 is 1.05 bits per heavy atom. The van der Waals surface area contributed by atoms with Crippen LogP contribution in [0.4, 0.5) is 0 Å². The number of pyridine rings is 1. The first-order chi connectivity index (χ1) is 10.8. The normalized spacial score (nSPS) is 11.0. The third-order valence-electron chi connectivity index (χ3n) is 3.46. The molecule has 3 nitrogen and oxygen atoms in total. The Labute approximate surface area is 134 Å². The van der Waals surface area contributed by atoms with Crippen molar-refractivity contribution in [2.24, 2.45) is 0 Å². The van der Waals surface area contributed by atoms with Crippen molar-refractivity contribution in [1.29, 1.82) is 0 Å². The van der Waals surface area contributed by atoms with Crippen LogP contribution in [0.5, 0.6) is 0 Å². The molecule has 1 N–H and O–H groups in total. The molecule has 0 saturated carbocycles. The van der Waals surface area contributed by atoms with Crippen molar-refractivity contribution in [3.63, 3.8) is 0 Å². The predicted octanol–water partition coefficient (Wildman–Crippen LogP) is 4.01. The van der Waals surface area contributed by atoms with E-state index in [2.05, 4.69) is 24.4 Å². The molecular formula is C18H18N2OS. The van der Waals surface area contributed by atoms with Gasteiger partial charge in [0, 0.05) is 22.2 Å². The molecule has 0 aliphatic carbocycles. The maximum absolute atomic E-state index is 11.9. The summed E-state index contributed by atoms with van der Waals surface area (Å²) in [6, 6.07) is 16.2. The fourth-order valence-corrected chi connectivity index (χ4v) is 3.44. The first-order valence-electron chi connectivity index (χ1n) is 7.46. The highest BCUT2D eigenvalue weighted by atomic mass is 32.2. The molecule has 1 aromatic heterocycles.